The van der Waals surface area contributed by atoms with Crippen LogP contribution in [0.4, 0.5) is 0 Å². The number of cyclic esters (lactones) is 1. The van der Waals surface area contributed by atoms with Crippen LogP contribution in [0.15, 0.2) is 29.2 Å². The number of ketones is 1. The van der Waals surface area contributed by atoms with E-state index in [2.05, 4.69) is 0 Å². The smallest absolute Gasteiger partial charge is 0.347 e. The van der Waals surface area contributed by atoms with Crippen LogP contribution < -0.4 is 0 Å². The van der Waals surface area contributed by atoms with Crippen molar-refractivity contribution in [2.75, 3.05) is 19.7 Å². The molecule has 0 amide bonds. The zero-order valence-corrected chi connectivity index (χ0v) is 15.7. The van der Waals surface area contributed by atoms with E-state index >= 15 is 0 Å². The quantitative estimate of drug-likeness (QED) is 0.544. The van der Waals surface area contributed by atoms with Crippen LogP contribution >= 0.6 is 0 Å². The Hall–Kier alpha value is -2.26. The van der Waals surface area contributed by atoms with Gasteiger partial charge in [0.25, 0.3) is 0 Å². The molecule has 0 radical (unpaired) electrons. The number of ether oxygens (including phenoxy) is 2. The van der Waals surface area contributed by atoms with Gasteiger partial charge in [0, 0.05) is 25.1 Å². The normalized spacial score (nSPS) is 21.7. The lowest BCUT2D eigenvalue weighted by molar-refractivity contribution is -0.164. The van der Waals surface area contributed by atoms with Crippen molar-refractivity contribution in [3.63, 3.8) is 0 Å². The Labute approximate surface area is 157 Å². The molecule has 2 saturated heterocycles. The van der Waals surface area contributed by atoms with E-state index in [1.807, 2.05) is 0 Å². The second-order valence-electron chi connectivity index (χ2n) is 6.64. The van der Waals surface area contributed by atoms with Crippen molar-refractivity contribution in [3.05, 3.63) is 29.8 Å². The number of carbonyl (C=O) groups excluding carboxylic acids is 3. The van der Waals surface area contributed by atoms with E-state index in [4.69, 9.17) is 9.47 Å². The SMILES string of the molecule is CC(=O)c1cccc(S(=O)(=O)N2CCC(C(=O)O[C@@H]3CCOC3=O)CC2)c1. The van der Waals surface area contributed by atoms with Gasteiger partial charge in [-0.3, -0.25) is 9.59 Å². The van der Waals surface area contributed by atoms with Crippen molar-refractivity contribution < 1.29 is 32.3 Å². The van der Waals surface area contributed by atoms with Gasteiger partial charge in [-0.05, 0) is 31.9 Å². The topological polar surface area (TPSA) is 107 Å². The first-order chi connectivity index (χ1) is 12.8. The van der Waals surface area contributed by atoms with Crippen LogP contribution in [0.25, 0.3) is 0 Å². The van der Waals surface area contributed by atoms with Crippen LogP contribution in [-0.4, -0.2) is 56.2 Å². The summed E-state index contributed by atoms with van der Waals surface area (Å²) in [4.78, 5) is 35.2. The number of nitrogens with zero attached hydrogens (tertiary/aromatic N) is 1. The fourth-order valence-corrected chi connectivity index (χ4v) is 4.69. The molecule has 2 aliphatic heterocycles. The number of carbonyl (C=O) groups is 3. The maximum absolute atomic E-state index is 12.8. The van der Waals surface area contributed by atoms with Crippen LogP contribution in [0, 0.1) is 5.92 Å². The minimum Gasteiger partial charge on any atom is -0.463 e. The molecule has 1 atom stereocenters. The van der Waals surface area contributed by atoms with E-state index < -0.39 is 34.0 Å². The molecule has 146 valence electrons. The maximum Gasteiger partial charge on any atom is 0.347 e. The van der Waals surface area contributed by atoms with Crippen LogP contribution in [-0.2, 0) is 29.1 Å². The lowest BCUT2D eigenvalue weighted by atomic mass is 9.98. The Kier molecular flexibility index (Phi) is 5.61. The molecule has 0 unspecified atom stereocenters. The largest absolute Gasteiger partial charge is 0.463 e. The summed E-state index contributed by atoms with van der Waals surface area (Å²) < 4.78 is 36.9. The van der Waals surface area contributed by atoms with Crippen molar-refractivity contribution in [3.8, 4) is 0 Å². The molecular weight excluding hydrogens is 374 g/mol. The van der Waals surface area contributed by atoms with Crippen LogP contribution in [0.3, 0.4) is 0 Å². The summed E-state index contributed by atoms with van der Waals surface area (Å²) >= 11 is 0. The average molecular weight is 395 g/mol. The van der Waals surface area contributed by atoms with E-state index in [9.17, 15) is 22.8 Å². The van der Waals surface area contributed by atoms with E-state index in [0.29, 0.717) is 24.8 Å². The van der Waals surface area contributed by atoms with Crippen molar-refractivity contribution in [1.29, 1.82) is 0 Å². The van der Waals surface area contributed by atoms with Crippen LogP contribution in [0.1, 0.15) is 36.5 Å². The summed E-state index contributed by atoms with van der Waals surface area (Å²) in [6, 6.07) is 5.92. The van der Waals surface area contributed by atoms with E-state index in [0.717, 1.165) is 0 Å². The summed E-state index contributed by atoms with van der Waals surface area (Å²) in [6.45, 7) is 1.96. The first-order valence-electron chi connectivity index (χ1n) is 8.77. The molecule has 2 aliphatic rings. The number of piperidine rings is 1. The highest BCUT2D eigenvalue weighted by atomic mass is 32.2. The van der Waals surface area contributed by atoms with Crippen molar-refractivity contribution in [1.82, 2.24) is 4.31 Å². The molecule has 1 aromatic carbocycles. The predicted octanol–water partition coefficient (Wildman–Crippen LogP) is 1.15. The molecular formula is C18H21NO7S. The Morgan fingerprint density at radius 1 is 1.19 bits per heavy atom. The zero-order valence-electron chi connectivity index (χ0n) is 14.9. The van der Waals surface area contributed by atoms with Gasteiger partial charge in [0.2, 0.25) is 16.1 Å². The van der Waals surface area contributed by atoms with Crippen molar-refractivity contribution in [2.24, 2.45) is 5.92 Å². The van der Waals surface area contributed by atoms with E-state index in [-0.39, 0.29) is 30.4 Å². The highest BCUT2D eigenvalue weighted by molar-refractivity contribution is 7.89. The van der Waals surface area contributed by atoms with Gasteiger partial charge in [-0.15, -0.1) is 0 Å². The van der Waals surface area contributed by atoms with E-state index in [1.165, 1.54) is 29.4 Å². The molecule has 27 heavy (non-hydrogen) atoms. The standard InChI is InChI=1S/C18H21NO7S/c1-12(20)14-3-2-4-15(11-14)27(23,24)19-8-5-13(6-9-19)17(21)26-16-7-10-25-18(16)22/h2-4,11,13,16H,5-10H2,1H3/t16-/m1/s1. The maximum atomic E-state index is 12.8. The number of rotatable bonds is 5. The van der Waals surface area contributed by atoms with Gasteiger partial charge in [0.1, 0.15) is 0 Å². The second-order valence-corrected chi connectivity index (χ2v) is 8.58. The number of hydrogen-bond acceptors (Lipinski definition) is 7. The van der Waals surface area contributed by atoms with Gasteiger partial charge in [0.15, 0.2) is 5.78 Å². The minimum absolute atomic E-state index is 0.0601. The van der Waals surface area contributed by atoms with Crippen LogP contribution in [0.2, 0.25) is 0 Å². The lowest BCUT2D eigenvalue weighted by Gasteiger charge is -2.30. The predicted molar refractivity (Wildman–Crippen MR) is 93.4 cm³/mol. The summed E-state index contributed by atoms with van der Waals surface area (Å²) in [5.41, 5.74) is 0.331. The Morgan fingerprint density at radius 3 is 2.48 bits per heavy atom. The van der Waals surface area contributed by atoms with Crippen molar-refractivity contribution in [2.45, 2.75) is 37.2 Å². The lowest BCUT2D eigenvalue weighted by Crippen LogP contribution is -2.41. The Bertz CT molecular complexity index is 856. The average Bonchev–Trinajstić information content (AvgIpc) is 3.06. The summed E-state index contributed by atoms with van der Waals surface area (Å²) in [7, 11) is -3.74. The minimum atomic E-state index is -3.74. The third kappa shape index (κ3) is 4.19. The molecule has 2 heterocycles. The van der Waals surface area contributed by atoms with Gasteiger partial charge >= 0.3 is 11.9 Å². The van der Waals surface area contributed by atoms with Gasteiger partial charge in [0.05, 0.1) is 17.4 Å². The fraction of sp³-hybridized carbons (Fsp3) is 0.500. The Balaban J connectivity index is 1.62. The number of esters is 2. The second kappa shape index (κ2) is 7.77. The monoisotopic (exact) mass is 395 g/mol. The molecule has 8 nitrogen and oxygen atoms in total. The molecule has 0 saturated carbocycles. The van der Waals surface area contributed by atoms with E-state index in [1.54, 1.807) is 6.07 Å². The molecule has 0 spiro atoms. The highest BCUT2D eigenvalue weighted by Gasteiger charge is 2.36. The van der Waals surface area contributed by atoms with Gasteiger partial charge < -0.3 is 9.47 Å². The number of hydrogen-bond donors (Lipinski definition) is 0. The number of benzene rings is 1. The fourth-order valence-electron chi connectivity index (χ4n) is 3.18. The summed E-state index contributed by atoms with van der Waals surface area (Å²) in [5.74, 6) is -1.68. The molecule has 3 rings (SSSR count). The molecule has 2 fully saturated rings. The first-order valence-corrected chi connectivity index (χ1v) is 10.2. The van der Waals surface area contributed by atoms with Gasteiger partial charge in [-0.25, -0.2) is 13.2 Å². The molecule has 0 aromatic heterocycles. The van der Waals surface area contributed by atoms with Crippen molar-refractivity contribution >= 4 is 27.7 Å². The highest BCUT2D eigenvalue weighted by Crippen LogP contribution is 2.26. The molecule has 9 heteroatoms. The van der Waals surface area contributed by atoms with Gasteiger partial charge in [-0.1, -0.05) is 12.1 Å². The number of sulfonamides is 1. The summed E-state index contributed by atoms with van der Waals surface area (Å²) in [6.07, 6.45) is 0.122. The zero-order chi connectivity index (χ0) is 19.6. The van der Waals surface area contributed by atoms with Gasteiger partial charge in [-0.2, -0.15) is 4.31 Å². The molecule has 0 N–H and O–H groups in total. The first kappa shape index (κ1) is 19.5. The third-order valence-corrected chi connectivity index (χ3v) is 6.71. The number of Topliss-reactive ketones (excluding diaryl/α,β-unsaturated/α-hetero) is 1. The summed E-state index contributed by atoms with van der Waals surface area (Å²) in [5, 5.41) is 0. The molecule has 0 aliphatic carbocycles. The molecule has 0 bridgehead atoms. The van der Waals surface area contributed by atoms with Crippen LogP contribution in [0.5, 0.6) is 0 Å². The third-order valence-electron chi connectivity index (χ3n) is 4.81. The Morgan fingerprint density at radius 2 is 1.89 bits per heavy atom. The molecule has 1 aromatic rings.